The SMILES string of the molecule is N#Cc1ccc(C(=O)Nc2ccccc2F)cc1. The van der Waals surface area contributed by atoms with Crippen molar-refractivity contribution >= 4 is 11.6 Å². The first-order valence-electron chi connectivity index (χ1n) is 5.27. The van der Waals surface area contributed by atoms with Gasteiger partial charge in [-0.05, 0) is 36.4 Å². The molecule has 0 unspecified atom stereocenters. The Balaban J connectivity index is 2.17. The molecule has 0 aliphatic rings. The summed E-state index contributed by atoms with van der Waals surface area (Å²) in [6.45, 7) is 0. The van der Waals surface area contributed by atoms with Crippen LogP contribution in [-0.2, 0) is 0 Å². The van der Waals surface area contributed by atoms with Crippen molar-refractivity contribution in [2.24, 2.45) is 0 Å². The lowest BCUT2D eigenvalue weighted by molar-refractivity contribution is 0.102. The number of rotatable bonds is 2. The summed E-state index contributed by atoms with van der Waals surface area (Å²) in [6.07, 6.45) is 0. The second-order valence-corrected chi connectivity index (χ2v) is 3.62. The number of benzene rings is 2. The number of para-hydroxylation sites is 1. The highest BCUT2D eigenvalue weighted by atomic mass is 19.1. The number of nitriles is 1. The number of halogens is 1. The van der Waals surface area contributed by atoms with Crippen molar-refractivity contribution < 1.29 is 9.18 Å². The van der Waals surface area contributed by atoms with E-state index < -0.39 is 11.7 Å². The zero-order chi connectivity index (χ0) is 13.0. The lowest BCUT2D eigenvalue weighted by Crippen LogP contribution is -2.12. The Bertz CT molecular complexity index is 614. The van der Waals surface area contributed by atoms with Crippen molar-refractivity contribution in [1.82, 2.24) is 0 Å². The first-order chi connectivity index (χ1) is 8.70. The summed E-state index contributed by atoms with van der Waals surface area (Å²) in [5, 5.41) is 11.1. The van der Waals surface area contributed by atoms with E-state index in [0.29, 0.717) is 11.1 Å². The number of hydrogen-bond donors (Lipinski definition) is 1. The van der Waals surface area contributed by atoms with Crippen LogP contribution in [0.3, 0.4) is 0 Å². The molecule has 18 heavy (non-hydrogen) atoms. The van der Waals surface area contributed by atoms with Gasteiger partial charge in [0.2, 0.25) is 0 Å². The van der Waals surface area contributed by atoms with Gasteiger partial charge in [-0.15, -0.1) is 0 Å². The Morgan fingerprint density at radius 1 is 1.11 bits per heavy atom. The van der Waals surface area contributed by atoms with Crippen molar-refractivity contribution in [1.29, 1.82) is 5.26 Å². The highest BCUT2D eigenvalue weighted by molar-refractivity contribution is 6.04. The monoisotopic (exact) mass is 240 g/mol. The lowest BCUT2D eigenvalue weighted by Gasteiger charge is -2.05. The number of nitrogens with one attached hydrogen (secondary N) is 1. The average Bonchev–Trinajstić information content (AvgIpc) is 2.41. The van der Waals surface area contributed by atoms with Crippen molar-refractivity contribution in [2.75, 3.05) is 5.32 Å². The van der Waals surface area contributed by atoms with Gasteiger partial charge >= 0.3 is 0 Å². The molecule has 0 radical (unpaired) electrons. The third-order valence-electron chi connectivity index (χ3n) is 2.40. The van der Waals surface area contributed by atoms with Crippen LogP contribution in [0.15, 0.2) is 48.5 Å². The highest BCUT2D eigenvalue weighted by Gasteiger charge is 2.08. The van der Waals surface area contributed by atoms with Gasteiger partial charge < -0.3 is 5.32 Å². The standard InChI is InChI=1S/C14H9FN2O/c15-12-3-1-2-4-13(12)17-14(18)11-7-5-10(9-16)6-8-11/h1-8H,(H,17,18). The molecule has 88 valence electrons. The van der Waals surface area contributed by atoms with Gasteiger partial charge in [-0.2, -0.15) is 5.26 Å². The summed E-state index contributed by atoms with van der Waals surface area (Å²) in [5.41, 5.74) is 0.974. The predicted molar refractivity (Wildman–Crippen MR) is 65.5 cm³/mol. The average molecular weight is 240 g/mol. The molecule has 0 saturated carbocycles. The molecule has 0 aliphatic carbocycles. The van der Waals surface area contributed by atoms with Gasteiger partial charge in [-0.1, -0.05) is 12.1 Å². The number of nitrogens with zero attached hydrogens (tertiary/aromatic N) is 1. The van der Waals surface area contributed by atoms with E-state index in [1.165, 1.54) is 36.4 Å². The quantitative estimate of drug-likeness (QED) is 0.877. The first kappa shape index (κ1) is 11.8. The topological polar surface area (TPSA) is 52.9 Å². The minimum Gasteiger partial charge on any atom is -0.319 e. The molecule has 0 fully saturated rings. The van der Waals surface area contributed by atoms with Crippen LogP contribution in [-0.4, -0.2) is 5.91 Å². The molecule has 3 nitrogen and oxygen atoms in total. The maximum atomic E-state index is 13.3. The summed E-state index contributed by atoms with van der Waals surface area (Å²) < 4.78 is 13.3. The molecule has 2 aromatic carbocycles. The van der Waals surface area contributed by atoms with Crippen LogP contribution in [0.25, 0.3) is 0 Å². The van der Waals surface area contributed by atoms with Crippen molar-refractivity contribution in [3.05, 3.63) is 65.5 Å². The Hall–Kier alpha value is -2.67. The second kappa shape index (κ2) is 5.11. The van der Waals surface area contributed by atoms with Gasteiger partial charge in [0.25, 0.3) is 5.91 Å². The summed E-state index contributed by atoms with van der Waals surface area (Å²) in [4.78, 5) is 11.8. The molecule has 2 rings (SSSR count). The highest BCUT2D eigenvalue weighted by Crippen LogP contribution is 2.14. The summed E-state index contributed by atoms with van der Waals surface area (Å²) in [7, 11) is 0. The molecule has 0 heterocycles. The van der Waals surface area contributed by atoms with Crippen LogP contribution in [0.4, 0.5) is 10.1 Å². The summed E-state index contributed by atoms with van der Waals surface area (Å²) in [5.74, 6) is -0.899. The van der Waals surface area contributed by atoms with E-state index >= 15 is 0 Å². The molecule has 0 aliphatic heterocycles. The number of hydrogen-bond acceptors (Lipinski definition) is 2. The van der Waals surface area contributed by atoms with Crippen LogP contribution in [0.1, 0.15) is 15.9 Å². The van der Waals surface area contributed by atoms with E-state index in [9.17, 15) is 9.18 Å². The maximum absolute atomic E-state index is 13.3. The second-order valence-electron chi connectivity index (χ2n) is 3.62. The molecule has 2 aromatic rings. The van der Waals surface area contributed by atoms with Crippen molar-refractivity contribution in [3.63, 3.8) is 0 Å². The van der Waals surface area contributed by atoms with Crippen molar-refractivity contribution in [3.8, 4) is 6.07 Å². The van der Waals surface area contributed by atoms with E-state index in [-0.39, 0.29) is 5.69 Å². The molecule has 0 aromatic heterocycles. The molecule has 0 atom stereocenters. The van der Waals surface area contributed by atoms with Gasteiger partial charge in [0.05, 0.1) is 17.3 Å². The minimum absolute atomic E-state index is 0.131. The lowest BCUT2D eigenvalue weighted by atomic mass is 10.1. The van der Waals surface area contributed by atoms with Crippen LogP contribution in [0, 0.1) is 17.1 Å². The molecular formula is C14H9FN2O. The smallest absolute Gasteiger partial charge is 0.255 e. The molecule has 1 N–H and O–H groups in total. The molecule has 4 heteroatoms. The maximum Gasteiger partial charge on any atom is 0.255 e. The summed E-state index contributed by atoms with van der Waals surface area (Å²) >= 11 is 0. The fraction of sp³-hybridized carbons (Fsp3) is 0. The number of carbonyl (C=O) groups is 1. The third-order valence-corrected chi connectivity index (χ3v) is 2.40. The fourth-order valence-electron chi connectivity index (χ4n) is 1.45. The number of amides is 1. The summed E-state index contributed by atoms with van der Waals surface area (Å²) in [6, 6.07) is 14.0. The predicted octanol–water partition coefficient (Wildman–Crippen LogP) is 2.95. The van der Waals surface area contributed by atoms with E-state index in [1.807, 2.05) is 6.07 Å². The Morgan fingerprint density at radius 2 is 1.78 bits per heavy atom. The molecule has 0 spiro atoms. The molecule has 0 bridgehead atoms. The molecule has 0 saturated heterocycles. The first-order valence-corrected chi connectivity index (χ1v) is 5.27. The van der Waals surface area contributed by atoms with Gasteiger partial charge in [-0.3, -0.25) is 4.79 Å². The van der Waals surface area contributed by atoms with E-state index in [4.69, 9.17) is 5.26 Å². The zero-order valence-electron chi connectivity index (χ0n) is 9.35. The normalized spacial score (nSPS) is 9.56. The Morgan fingerprint density at radius 3 is 2.39 bits per heavy atom. The zero-order valence-corrected chi connectivity index (χ0v) is 9.35. The molecule has 1 amide bonds. The van der Waals surface area contributed by atoms with Gasteiger partial charge in [-0.25, -0.2) is 4.39 Å². The van der Waals surface area contributed by atoms with Gasteiger partial charge in [0.15, 0.2) is 0 Å². The third kappa shape index (κ3) is 2.53. The van der Waals surface area contributed by atoms with Crippen LogP contribution >= 0.6 is 0 Å². The fourth-order valence-corrected chi connectivity index (χ4v) is 1.45. The van der Waals surface area contributed by atoms with Gasteiger partial charge in [0, 0.05) is 5.56 Å². The Kier molecular flexibility index (Phi) is 3.35. The van der Waals surface area contributed by atoms with E-state index in [1.54, 1.807) is 12.1 Å². The van der Waals surface area contributed by atoms with E-state index in [0.717, 1.165) is 0 Å². The minimum atomic E-state index is -0.487. The van der Waals surface area contributed by atoms with Crippen LogP contribution < -0.4 is 5.32 Å². The van der Waals surface area contributed by atoms with Crippen LogP contribution in [0.2, 0.25) is 0 Å². The largest absolute Gasteiger partial charge is 0.319 e. The Labute approximate surface area is 103 Å². The van der Waals surface area contributed by atoms with E-state index in [2.05, 4.69) is 5.32 Å². The number of carbonyl (C=O) groups excluding carboxylic acids is 1. The molecular weight excluding hydrogens is 231 g/mol. The van der Waals surface area contributed by atoms with Crippen molar-refractivity contribution in [2.45, 2.75) is 0 Å². The van der Waals surface area contributed by atoms with Gasteiger partial charge in [0.1, 0.15) is 5.82 Å². The van der Waals surface area contributed by atoms with Crippen LogP contribution in [0.5, 0.6) is 0 Å². The number of anilines is 1.